The quantitative estimate of drug-likeness (QED) is 0.121. The highest BCUT2D eigenvalue weighted by Gasteiger charge is 2.55. The number of aliphatic hydroxyl groups excluding tert-OH is 2. The van der Waals surface area contributed by atoms with E-state index in [0.29, 0.717) is 0 Å². The smallest absolute Gasteiger partial charge is 0.280 e. The average Bonchev–Trinajstić information content (AvgIpc) is 3.66. The van der Waals surface area contributed by atoms with Gasteiger partial charge in [0.1, 0.15) is 42.4 Å². The van der Waals surface area contributed by atoms with Gasteiger partial charge in [-0.3, -0.25) is 18.9 Å². The van der Waals surface area contributed by atoms with Gasteiger partial charge in [-0.2, -0.15) is 4.98 Å². The summed E-state index contributed by atoms with van der Waals surface area (Å²) in [5, 5.41) is 20.3. The number of nitrogens with two attached hydrogens (primary N) is 2. The number of hydrogen-bond acceptors (Lipinski definition) is 13. The number of alkyl halides is 1. The Morgan fingerprint density at radius 3 is 2.76 bits per heavy atom. The molecule has 41 heavy (non-hydrogen) atoms. The number of fused-ring (bicyclic) bond motifs is 2. The molecular weight excluding hydrogens is 591 g/mol. The highest BCUT2D eigenvalue weighted by atomic mass is 32.7. The molecule has 6 rings (SSSR count). The predicted molar refractivity (Wildman–Crippen MR) is 141 cm³/mol. The van der Waals surface area contributed by atoms with Crippen molar-refractivity contribution in [2.75, 3.05) is 24.7 Å². The third kappa shape index (κ3) is 4.66. The van der Waals surface area contributed by atoms with E-state index in [0.717, 1.165) is 23.4 Å². The van der Waals surface area contributed by atoms with Gasteiger partial charge in [0.25, 0.3) is 12.1 Å². The molecule has 16 nitrogen and oxygen atoms in total. The molecule has 0 amide bonds. The summed E-state index contributed by atoms with van der Waals surface area (Å²) in [6, 6.07) is 0. The number of nitrogens with zero attached hydrogens (tertiary/aromatic N) is 6. The number of thiol groups is 1. The number of rotatable bonds is 7. The Labute approximate surface area is 233 Å². The zero-order valence-corrected chi connectivity index (χ0v) is 22.6. The van der Waals surface area contributed by atoms with E-state index in [2.05, 4.69) is 37.2 Å². The predicted octanol–water partition coefficient (Wildman–Crippen LogP) is 0.252. The number of ether oxygens (including phenoxy) is 2. The van der Waals surface area contributed by atoms with Crippen molar-refractivity contribution in [2.45, 2.75) is 49.0 Å². The molecule has 220 valence electrons. The van der Waals surface area contributed by atoms with E-state index >= 15 is 4.39 Å². The fourth-order valence-corrected chi connectivity index (χ4v) is 7.69. The van der Waals surface area contributed by atoms with Gasteiger partial charge in [0, 0.05) is 12.6 Å². The number of nitrogens with one attached hydrogen (secondary N) is 1. The van der Waals surface area contributed by atoms with Crippen LogP contribution in [0.2, 0.25) is 0 Å². The molecule has 4 aromatic rings. The lowest BCUT2D eigenvalue weighted by Crippen LogP contribution is -2.31. The molecule has 20 heteroatoms. The summed E-state index contributed by atoms with van der Waals surface area (Å²) in [5.74, 6) is -0.990. The van der Waals surface area contributed by atoms with E-state index < -0.39 is 73.8 Å². The molecule has 2 aliphatic rings. The Morgan fingerprint density at radius 1 is 1.22 bits per heavy atom. The van der Waals surface area contributed by atoms with Crippen LogP contribution in [0, 0.1) is 5.82 Å². The van der Waals surface area contributed by atoms with Crippen molar-refractivity contribution in [2.24, 2.45) is 0 Å². The van der Waals surface area contributed by atoms with E-state index in [1.807, 2.05) is 0 Å². The second-order valence-electron chi connectivity index (χ2n) is 9.59. The summed E-state index contributed by atoms with van der Waals surface area (Å²) >= 11 is 4.17. The molecule has 1 unspecified atom stereocenters. The summed E-state index contributed by atoms with van der Waals surface area (Å²) in [6.45, 7) is -5.51. The van der Waals surface area contributed by atoms with Crippen LogP contribution in [0.5, 0.6) is 0 Å². The fourth-order valence-electron chi connectivity index (χ4n) is 5.14. The van der Waals surface area contributed by atoms with Crippen LogP contribution in [-0.2, 0) is 18.6 Å². The van der Waals surface area contributed by atoms with Crippen LogP contribution in [0.4, 0.5) is 20.5 Å². The monoisotopic (exact) mass is 615 g/mol. The van der Waals surface area contributed by atoms with Gasteiger partial charge in [0.2, 0.25) is 5.95 Å². The van der Waals surface area contributed by atoms with Gasteiger partial charge < -0.3 is 40.2 Å². The lowest BCUT2D eigenvalue weighted by atomic mass is 10.2. The first-order valence-corrected chi connectivity index (χ1v) is 15.0. The second-order valence-corrected chi connectivity index (χ2v) is 13.2. The number of nitrogen functional groups attached to an aromatic ring is 2. The number of aromatic nitrogens is 7. The van der Waals surface area contributed by atoms with Crippen molar-refractivity contribution < 1.29 is 37.6 Å². The van der Waals surface area contributed by atoms with Gasteiger partial charge in [-0.15, -0.1) is 0 Å². The van der Waals surface area contributed by atoms with E-state index in [1.165, 1.54) is 4.57 Å². The highest BCUT2D eigenvalue weighted by Crippen LogP contribution is 2.64. The van der Waals surface area contributed by atoms with Crippen LogP contribution in [0.15, 0.2) is 23.6 Å². The van der Waals surface area contributed by atoms with Crippen molar-refractivity contribution in [3.8, 4) is 0 Å². The van der Waals surface area contributed by atoms with E-state index in [1.54, 1.807) is 0 Å². The maximum Gasteiger partial charge on any atom is 0.280 e. The van der Waals surface area contributed by atoms with E-state index in [9.17, 15) is 24.0 Å². The molecule has 0 bridgehead atoms. The van der Waals surface area contributed by atoms with Gasteiger partial charge in [-0.05, 0) is 0 Å². The largest absolute Gasteiger partial charge is 0.394 e. The molecule has 0 radical (unpaired) electrons. The SMILES string of the molecule is Nc1nc2c(ncn2[C@@H]2O[C@H](CO)[C@@H](F)[C@H]2P(=O)(S)OC[C@H]2O[C@@H](n3cc(F)c4c(N)ncnc43)C[C@@H]2O)c(=O)[nH]1. The number of hydrogen-bond donors (Lipinski definition) is 6. The number of aliphatic hydroxyl groups is 2. The minimum absolute atomic E-state index is 0.00453. The zero-order valence-electron chi connectivity index (χ0n) is 20.8. The Hall–Kier alpha value is -3.19. The molecule has 2 saturated heterocycles. The maximum atomic E-state index is 15.5. The van der Waals surface area contributed by atoms with Gasteiger partial charge in [-0.1, -0.05) is 12.2 Å². The molecule has 8 atom stereocenters. The van der Waals surface area contributed by atoms with Crippen LogP contribution in [0.3, 0.4) is 0 Å². The molecule has 6 heterocycles. The second kappa shape index (κ2) is 10.3. The molecular formula is C21H24F2N9O7PS. The first kappa shape index (κ1) is 28.0. The van der Waals surface area contributed by atoms with Crippen LogP contribution in [0.25, 0.3) is 22.2 Å². The summed E-state index contributed by atoms with van der Waals surface area (Å²) in [7, 11) is 0. The van der Waals surface area contributed by atoms with Crippen LogP contribution in [0.1, 0.15) is 18.9 Å². The number of H-pyrrole nitrogens is 1. The highest BCUT2D eigenvalue weighted by molar-refractivity contribution is 8.46. The Morgan fingerprint density at radius 2 is 2.00 bits per heavy atom. The van der Waals surface area contributed by atoms with Gasteiger partial charge in [0.05, 0.1) is 31.0 Å². The molecule has 0 aromatic carbocycles. The average molecular weight is 616 g/mol. The Balaban J connectivity index is 1.24. The van der Waals surface area contributed by atoms with Gasteiger partial charge in [0.15, 0.2) is 28.9 Å². The summed E-state index contributed by atoms with van der Waals surface area (Å²) < 4.78 is 63.4. The van der Waals surface area contributed by atoms with E-state index in [-0.39, 0.29) is 40.4 Å². The summed E-state index contributed by atoms with van der Waals surface area (Å²) in [5.41, 5.74) is 9.09. The minimum Gasteiger partial charge on any atom is -0.394 e. The van der Waals surface area contributed by atoms with Crippen molar-refractivity contribution in [1.82, 2.24) is 34.1 Å². The number of anilines is 2. The standard InChI is InChI=1S/C21H24F2N9O7PS/c22-7-2-31(17-12(7)16(24)26-5-27-17)11-1-8(34)10(38-11)4-37-40(36,41)15-13(23)9(3-33)39-20(15)32-6-28-14-18(32)29-21(25)30-19(14)35/h2,5-6,8-11,13,15,20,33-34H,1,3-4H2,(H,36,41)(H2,24,26,27)(H3,25,29,30,35)/t8-,9+,10+,11+,13+,15+,20+,40?/m0/s1. The zero-order chi connectivity index (χ0) is 29.2. The summed E-state index contributed by atoms with van der Waals surface area (Å²) in [4.78, 5) is 30.3. The molecule has 2 aliphatic heterocycles. The lowest BCUT2D eigenvalue weighted by Gasteiger charge is -2.27. The van der Waals surface area contributed by atoms with Crippen molar-refractivity contribution in [1.29, 1.82) is 0 Å². The number of aromatic amines is 1. The molecule has 0 saturated carbocycles. The maximum absolute atomic E-state index is 15.5. The fraction of sp³-hybridized carbons (Fsp3) is 0.476. The van der Waals surface area contributed by atoms with E-state index in [4.69, 9.17) is 25.5 Å². The lowest BCUT2D eigenvalue weighted by molar-refractivity contribution is -0.0388. The first-order valence-electron chi connectivity index (χ1n) is 12.2. The van der Waals surface area contributed by atoms with Gasteiger partial charge >= 0.3 is 0 Å². The van der Waals surface area contributed by atoms with Crippen LogP contribution in [-0.4, -0.2) is 87.6 Å². The van der Waals surface area contributed by atoms with Crippen LogP contribution < -0.4 is 17.0 Å². The molecule has 2 fully saturated rings. The molecule has 4 aromatic heterocycles. The van der Waals surface area contributed by atoms with Gasteiger partial charge in [-0.25, -0.2) is 23.7 Å². The van der Waals surface area contributed by atoms with Crippen molar-refractivity contribution >= 4 is 52.8 Å². The minimum atomic E-state index is -4.26. The third-order valence-electron chi connectivity index (χ3n) is 7.10. The van der Waals surface area contributed by atoms with Crippen molar-refractivity contribution in [3.05, 3.63) is 35.0 Å². The Kier molecular flexibility index (Phi) is 7.00. The normalized spacial score (nSPS) is 29.9. The van der Waals surface area contributed by atoms with Crippen molar-refractivity contribution in [3.63, 3.8) is 0 Å². The van der Waals surface area contributed by atoms with Crippen LogP contribution >= 0.6 is 18.8 Å². The molecule has 0 spiro atoms. The number of imidazole rings is 1. The summed E-state index contributed by atoms with van der Waals surface area (Å²) in [6.07, 6.45) is -4.54. The molecule has 0 aliphatic carbocycles. The molecule has 7 N–H and O–H groups in total. The number of halogens is 2. The Bertz CT molecular complexity index is 1740. The third-order valence-corrected chi connectivity index (χ3v) is 10.1. The topological polar surface area (TPSA) is 232 Å². The first-order chi connectivity index (χ1) is 19.5.